The van der Waals surface area contributed by atoms with Gasteiger partial charge < -0.3 is 14.4 Å². The molecule has 30 heavy (non-hydrogen) atoms. The van der Waals surface area contributed by atoms with Crippen LogP contribution in [-0.4, -0.2) is 45.5 Å². The van der Waals surface area contributed by atoms with Crippen LogP contribution in [0.4, 0.5) is 5.82 Å². The number of amides is 1. The number of carbonyl (C=O) groups excluding carboxylic acids is 1. The van der Waals surface area contributed by atoms with Crippen LogP contribution in [-0.2, 0) is 5.54 Å². The van der Waals surface area contributed by atoms with Gasteiger partial charge in [-0.1, -0.05) is 18.2 Å². The van der Waals surface area contributed by atoms with E-state index in [9.17, 15) is 4.79 Å². The van der Waals surface area contributed by atoms with Gasteiger partial charge in [0.25, 0.3) is 5.91 Å². The Morgan fingerprint density at radius 3 is 2.77 bits per heavy atom. The lowest BCUT2D eigenvalue weighted by Crippen LogP contribution is -2.36. The molecule has 0 bridgehead atoms. The fraction of sp³-hybridized carbons (Fsp3) is 0.292. The van der Waals surface area contributed by atoms with Crippen molar-refractivity contribution < 1.29 is 4.79 Å². The number of benzene rings is 1. The summed E-state index contributed by atoms with van der Waals surface area (Å²) >= 11 is 0. The fourth-order valence-electron chi connectivity index (χ4n) is 4.97. The quantitative estimate of drug-likeness (QED) is 0.663. The van der Waals surface area contributed by atoms with Crippen LogP contribution in [0.25, 0.3) is 11.3 Å². The third-order valence-corrected chi connectivity index (χ3v) is 6.87. The first-order valence-electron chi connectivity index (χ1n) is 10.5. The highest BCUT2D eigenvalue weighted by Crippen LogP contribution is 2.54. The summed E-state index contributed by atoms with van der Waals surface area (Å²) < 4.78 is 2.07. The van der Waals surface area contributed by atoms with E-state index >= 15 is 0 Å². The number of hydrogen-bond donors (Lipinski definition) is 0. The zero-order valence-corrected chi connectivity index (χ0v) is 17.0. The number of aromatic nitrogens is 3. The zero-order valence-electron chi connectivity index (χ0n) is 17.0. The third kappa shape index (κ3) is 2.46. The number of hydrogen-bond acceptors (Lipinski definition) is 4. The van der Waals surface area contributed by atoms with Gasteiger partial charge >= 0.3 is 0 Å². The number of fused-ring (bicyclic) bond motifs is 4. The van der Waals surface area contributed by atoms with Gasteiger partial charge in [0.1, 0.15) is 17.8 Å². The average Bonchev–Trinajstić information content (AvgIpc) is 3.48. The van der Waals surface area contributed by atoms with Gasteiger partial charge in [0.05, 0.1) is 11.2 Å². The Labute approximate surface area is 175 Å². The van der Waals surface area contributed by atoms with Crippen molar-refractivity contribution in [3.05, 3.63) is 78.0 Å². The highest BCUT2D eigenvalue weighted by molar-refractivity contribution is 5.95. The van der Waals surface area contributed by atoms with Gasteiger partial charge in [-0.25, -0.2) is 9.97 Å². The summed E-state index contributed by atoms with van der Waals surface area (Å²) in [7, 11) is 1.95. The van der Waals surface area contributed by atoms with Crippen LogP contribution in [0.5, 0.6) is 0 Å². The zero-order chi connectivity index (χ0) is 20.3. The van der Waals surface area contributed by atoms with Crippen molar-refractivity contribution in [2.45, 2.75) is 24.8 Å². The standard InChI is InChI=1S/C24H23N5O/c1-27-23(30)20-3-2-12-29(20)21-15-18(4-5-19(21)24(27)9-10-24)17-7-13-28(14-8-17)22-6-11-25-16-26-22/h2-7,11-12,15-16H,8-10,13-14H2,1H3. The molecule has 2 aliphatic heterocycles. The molecule has 150 valence electrons. The molecular weight excluding hydrogens is 374 g/mol. The van der Waals surface area contributed by atoms with Crippen molar-refractivity contribution >= 4 is 17.3 Å². The highest BCUT2D eigenvalue weighted by Gasteiger charge is 2.53. The molecule has 2 aromatic heterocycles. The minimum absolute atomic E-state index is 0.104. The van der Waals surface area contributed by atoms with Crippen LogP contribution < -0.4 is 4.90 Å². The summed E-state index contributed by atoms with van der Waals surface area (Å²) in [4.78, 5) is 25.7. The van der Waals surface area contributed by atoms with Gasteiger partial charge in [-0.2, -0.15) is 0 Å². The van der Waals surface area contributed by atoms with Crippen molar-refractivity contribution in [1.82, 2.24) is 19.4 Å². The Bertz CT molecular complexity index is 1180. The molecule has 1 aliphatic carbocycles. The Kier molecular flexibility index (Phi) is 3.66. The highest BCUT2D eigenvalue weighted by atomic mass is 16.2. The van der Waals surface area contributed by atoms with Crippen LogP contribution in [0.15, 0.2) is 61.2 Å². The molecule has 0 atom stereocenters. The summed E-state index contributed by atoms with van der Waals surface area (Å²) in [6, 6.07) is 12.6. The average molecular weight is 397 g/mol. The molecule has 6 rings (SSSR count). The van der Waals surface area contributed by atoms with Gasteiger partial charge in [0.2, 0.25) is 0 Å². The van der Waals surface area contributed by atoms with Crippen LogP contribution in [0, 0.1) is 0 Å². The topological polar surface area (TPSA) is 54.3 Å². The molecule has 6 heteroatoms. The lowest BCUT2D eigenvalue weighted by molar-refractivity contribution is 0.0705. The van der Waals surface area contributed by atoms with Gasteiger partial charge in [0, 0.05) is 38.1 Å². The van der Waals surface area contributed by atoms with E-state index in [1.807, 2.05) is 36.3 Å². The van der Waals surface area contributed by atoms with Crippen molar-refractivity contribution in [3.63, 3.8) is 0 Å². The van der Waals surface area contributed by atoms with Gasteiger partial charge in [-0.15, -0.1) is 0 Å². The lowest BCUT2D eigenvalue weighted by atomic mass is 9.94. The predicted molar refractivity (Wildman–Crippen MR) is 116 cm³/mol. The maximum absolute atomic E-state index is 13.1. The van der Waals surface area contributed by atoms with Crippen molar-refractivity contribution in [1.29, 1.82) is 0 Å². The molecule has 6 nitrogen and oxygen atoms in total. The van der Waals surface area contributed by atoms with E-state index in [0.717, 1.165) is 49.6 Å². The third-order valence-electron chi connectivity index (χ3n) is 6.87. The Balaban J connectivity index is 1.39. The molecule has 1 fully saturated rings. The number of carbonyl (C=O) groups is 1. The fourth-order valence-corrected chi connectivity index (χ4v) is 4.97. The van der Waals surface area contributed by atoms with Crippen molar-refractivity contribution in [3.8, 4) is 5.69 Å². The van der Waals surface area contributed by atoms with Crippen molar-refractivity contribution in [2.24, 2.45) is 0 Å². The molecule has 0 N–H and O–H groups in total. The first-order valence-corrected chi connectivity index (χ1v) is 10.5. The maximum Gasteiger partial charge on any atom is 0.271 e. The normalized spacial score (nSPS) is 19.2. The molecule has 4 heterocycles. The second-order valence-corrected chi connectivity index (χ2v) is 8.38. The minimum atomic E-state index is -0.144. The van der Waals surface area contributed by atoms with E-state index in [0.29, 0.717) is 0 Å². The summed E-state index contributed by atoms with van der Waals surface area (Å²) in [5.41, 5.74) is 5.59. The molecule has 3 aliphatic rings. The van der Waals surface area contributed by atoms with Crippen LogP contribution >= 0.6 is 0 Å². The van der Waals surface area contributed by atoms with E-state index in [1.54, 1.807) is 12.5 Å². The van der Waals surface area contributed by atoms with E-state index < -0.39 is 0 Å². The van der Waals surface area contributed by atoms with Gasteiger partial charge in [0.15, 0.2) is 0 Å². The van der Waals surface area contributed by atoms with Crippen molar-refractivity contribution in [2.75, 3.05) is 25.0 Å². The number of rotatable bonds is 2. The van der Waals surface area contributed by atoms with Crippen LogP contribution in [0.1, 0.15) is 40.9 Å². The largest absolute Gasteiger partial charge is 0.352 e. The summed E-state index contributed by atoms with van der Waals surface area (Å²) in [5.74, 6) is 1.07. The number of anilines is 1. The first-order chi connectivity index (χ1) is 14.7. The molecule has 1 aromatic carbocycles. The lowest BCUT2D eigenvalue weighted by Gasteiger charge is -2.29. The van der Waals surface area contributed by atoms with Crippen LogP contribution in [0.3, 0.4) is 0 Å². The molecule has 0 radical (unpaired) electrons. The summed E-state index contributed by atoms with van der Waals surface area (Å²) in [5, 5.41) is 0. The molecule has 1 amide bonds. The van der Waals surface area contributed by atoms with Gasteiger partial charge in [-0.05, 0) is 54.7 Å². The first kappa shape index (κ1) is 17.4. The van der Waals surface area contributed by atoms with E-state index in [4.69, 9.17) is 0 Å². The summed E-state index contributed by atoms with van der Waals surface area (Å²) in [6.07, 6.45) is 10.7. The Hall–Kier alpha value is -3.41. The molecule has 1 spiro atoms. The number of nitrogens with zero attached hydrogens (tertiary/aromatic N) is 5. The maximum atomic E-state index is 13.1. The van der Waals surface area contributed by atoms with Crippen LogP contribution in [0.2, 0.25) is 0 Å². The molecular formula is C24H23N5O. The predicted octanol–water partition coefficient (Wildman–Crippen LogP) is 3.64. The second kappa shape index (κ2) is 6.29. The Morgan fingerprint density at radius 1 is 1.13 bits per heavy atom. The van der Waals surface area contributed by atoms with E-state index in [-0.39, 0.29) is 11.4 Å². The smallest absolute Gasteiger partial charge is 0.271 e. The van der Waals surface area contributed by atoms with E-state index in [1.165, 1.54) is 16.7 Å². The molecule has 0 saturated heterocycles. The molecule has 0 unspecified atom stereocenters. The minimum Gasteiger partial charge on any atom is -0.352 e. The molecule has 3 aromatic rings. The van der Waals surface area contributed by atoms with E-state index in [2.05, 4.69) is 43.7 Å². The second-order valence-electron chi connectivity index (χ2n) is 8.38. The molecule has 1 saturated carbocycles. The monoisotopic (exact) mass is 397 g/mol. The Morgan fingerprint density at radius 2 is 2.03 bits per heavy atom. The van der Waals surface area contributed by atoms with Gasteiger partial charge in [-0.3, -0.25) is 4.79 Å². The summed E-state index contributed by atoms with van der Waals surface area (Å²) in [6.45, 7) is 1.77. The SMILES string of the molecule is CN1C(=O)c2cccn2-c2cc(C3=CCN(c4ccncn4)CC3)ccc2C12CC2.